The molecule has 6 nitrogen and oxygen atoms in total. The van der Waals surface area contributed by atoms with Gasteiger partial charge in [-0.2, -0.15) is 0 Å². The molecule has 7 heteroatoms. The molecule has 2 aromatic rings. The molecule has 2 N–H and O–H groups in total. The summed E-state index contributed by atoms with van der Waals surface area (Å²) in [7, 11) is -3.47. The first-order valence-corrected chi connectivity index (χ1v) is 9.28. The lowest BCUT2D eigenvalue weighted by atomic mass is 10.1. The Morgan fingerprint density at radius 2 is 1.67 bits per heavy atom. The summed E-state index contributed by atoms with van der Waals surface area (Å²) < 4.78 is 30.7. The van der Waals surface area contributed by atoms with Crippen molar-refractivity contribution < 1.29 is 17.9 Å². The molecule has 128 valence electrons. The van der Waals surface area contributed by atoms with Gasteiger partial charge in [0.05, 0.1) is 23.6 Å². The quantitative estimate of drug-likeness (QED) is 0.840. The van der Waals surface area contributed by atoms with Gasteiger partial charge in [0.1, 0.15) is 5.75 Å². The summed E-state index contributed by atoms with van der Waals surface area (Å²) in [5, 5.41) is 2.74. The molecule has 0 atom stereocenters. The van der Waals surface area contributed by atoms with E-state index >= 15 is 0 Å². The van der Waals surface area contributed by atoms with E-state index in [0.29, 0.717) is 11.4 Å². The van der Waals surface area contributed by atoms with E-state index in [1.165, 1.54) is 6.07 Å². The molecule has 0 heterocycles. The number of para-hydroxylation sites is 1. The molecule has 24 heavy (non-hydrogen) atoms. The van der Waals surface area contributed by atoms with Crippen molar-refractivity contribution in [2.75, 3.05) is 16.3 Å². The number of nitrogens with one attached hydrogen (secondary N) is 2. The number of ether oxygens (including phenoxy) is 1. The molecule has 0 saturated heterocycles. The summed E-state index contributed by atoms with van der Waals surface area (Å²) in [6.07, 6.45) is 1.11. The first-order chi connectivity index (χ1) is 11.2. The molecule has 0 aliphatic heterocycles. The van der Waals surface area contributed by atoms with E-state index < -0.39 is 15.9 Å². The number of hydrogen-bond acceptors (Lipinski definition) is 4. The number of carbonyl (C=O) groups excluding carboxylic acids is 1. The van der Waals surface area contributed by atoms with Crippen LogP contribution < -0.4 is 14.8 Å². The highest BCUT2D eigenvalue weighted by Gasteiger charge is 2.14. The monoisotopic (exact) mass is 348 g/mol. The fourth-order valence-corrected chi connectivity index (χ4v) is 2.63. The molecule has 0 saturated carbocycles. The van der Waals surface area contributed by atoms with Crippen molar-refractivity contribution in [3.05, 3.63) is 54.1 Å². The summed E-state index contributed by atoms with van der Waals surface area (Å²) in [4.78, 5) is 12.4. The maximum absolute atomic E-state index is 12.4. The molecule has 0 aromatic heterocycles. The molecule has 2 aromatic carbocycles. The summed E-state index contributed by atoms with van der Waals surface area (Å²) in [6, 6.07) is 13.4. The fourth-order valence-electron chi connectivity index (χ4n) is 2.06. The van der Waals surface area contributed by atoms with Crippen LogP contribution in [0.5, 0.6) is 5.75 Å². The van der Waals surface area contributed by atoms with Crippen LogP contribution in [0.2, 0.25) is 0 Å². The van der Waals surface area contributed by atoms with Gasteiger partial charge in [-0.1, -0.05) is 12.1 Å². The predicted octanol–water partition coefficient (Wildman–Crippen LogP) is 3.10. The highest BCUT2D eigenvalue weighted by Crippen LogP contribution is 2.20. The third-order valence-electron chi connectivity index (χ3n) is 2.95. The Morgan fingerprint density at radius 3 is 2.25 bits per heavy atom. The number of sulfonamides is 1. The largest absolute Gasteiger partial charge is 0.491 e. The van der Waals surface area contributed by atoms with Crippen LogP contribution >= 0.6 is 0 Å². The van der Waals surface area contributed by atoms with E-state index in [2.05, 4.69) is 10.0 Å². The van der Waals surface area contributed by atoms with E-state index in [1.807, 2.05) is 13.8 Å². The number of benzene rings is 2. The minimum Gasteiger partial charge on any atom is -0.491 e. The van der Waals surface area contributed by atoms with E-state index in [9.17, 15) is 13.2 Å². The van der Waals surface area contributed by atoms with Gasteiger partial charge in [0.25, 0.3) is 5.91 Å². The van der Waals surface area contributed by atoms with Crippen molar-refractivity contribution >= 4 is 27.3 Å². The second-order valence-electron chi connectivity index (χ2n) is 5.56. The second-order valence-corrected chi connectivity index (χ2v) is 7.31. The molecule has 0 fully saturated rings. The van der Waals surface area contributed by atoms with Crippen LogP contribution in [0.3, 0.4) is 0 Å². The maximum Gasteiger partial charge on any atom is 0.257 e. The van der Waals surface area contributed by atoms with Gasteiger partial charge < -0.3 is 10.1 Å². The molecule has 2 rings (SSSR count). The van der Waals surface area contributed by atoms with Crippen LogP contribution in [-0.2, 0) is 10.0 Å². The topological polar surface area (TPSA) is 84.5 Å². The average Bonchev–Trinajstić information content (AvgIpc) is 2.47. The SMILES string of the molecule is CC(C)Oc1ccc(NC(=O)c2ccccc2NS(C)(=O)=O)cc1. The van der Waals surface area contributed by atoms with Crippen molar-refractivity contribution in [1.29, 1.82) is 0 Å². The van der Waals surface area contributed by atoms with Crippen LogP contribution in [-0.4, -0.2) is 26.7 Å². The highest BCUT2D eigenvalue weighted by atomic mass is 32.2. The Balaban J connectivity index is 2.15. The second kappa shape index (κ2) is 7.35. The molecule has 1 amide bonds. The minimum absolute atomic E-state index is 0.0689. The van der Waals surface area contributed by atoms with Gasteiger partial charge in [-0.15, -0.1) is 0 Å². The van der Waals surface area contributed by atoms with Crippen LogP contribution in [0.4, 0.5) is 11.4 Å². The van der Waals surface area contributed by atoms with Gasteiger partial charge in [0.2, 0.25) is 10.0 Å². The average molecular weight is 348 g/mol. The summed E-state index contributed by atoms with van der Waals surface area (Å²) in [5.41, 5.74) is 1.06. The predicted molar refractivity (Wildman–Crippen MR) is 95.1 cm³/mol. The van der Waals surface area contributed by atoms with Gasteiger partial charge in [-0.05, 0) is 50.2 Å². The summed E-state index contributed by atoms with van der Waals surface area (Å²) in [5.74, 6) is 0.307. The summed E-state index contributed by atoms with van der Waals surface area (Å²) in [6.45, 7) is 3.86. The van der Waals surface area contributed by atoms with E-state index in [-0.39, 0.29) is 17.4 Å². The van der Waals surface area contributed by atoms with Crippen molar-refractivity contribution in [2.24, 2.45) is 0 Å². The number of hydrogen-bond donors (Lipinski definition) is 2. The van der Waals surface area contributed by atoms with Crippen LogP contribution in [0.15, 0.2) is 48.5 Å². The van der Waals surface area contributed by atoms with Gasteiger partial charge in [-0.25, -0.2) is 8.42 Å². The van der Waals surface area contributed by atoms with Crippen molar-refractivity contribution in [3.63, 3.8) is 0 Å². The van der Waals surface area contributed by atoms with Crippen LogP contribution in [0, 0.1) is 0 Å². The molecule has 0 unspecified atom stereocenters. The number of rotatable bonds is 6. The van der Waals surface area contributed by atoms with Gasteiger partial charge in [-0.3, -0.25) is 9.52 Å². The normalized spacial score (nSPS) is 11.2. The van der Waals surface area contributed by atoms with Crippen molar-refractivity contribution in [1.82, 2.24) is 0 Å². The van der Waals surface area contributed by atoms with Gasteiger partial charge in [0.15, 0.2) is 0 Å². The zero-order chi connectivity index (χ0) is 17.7. The Morgan fingerprint density at radius 1 is 1.04 bits per heavy atom. The highest BCUT2D eigenvalue weighted by molar-refractivity contribution is 7.92. The lowest BCUT2D eigenvalue weighted by Crippen LogP contribution is -2.17. The van der Waals surface area contributed by atoms with Gasteiger partial charge in [0, 0.05) is 5.69 Å². The third kappa shape index (κ3) is 5.27. The molecule has 0 aliphatic carbocycles. The third-order valence-corrected chi connectivity index (χ3v) is 3.54. The molecule has 0 bridgehead atoms. The number of anilines is 2. The molecular weight excluding hydrogens is 328 g/mol. The van der Waals surface area contributed by atoms with E-state index in [1.54, 1.807) is 42.5 Å². The zero-order valence-corrected chi connectivity index (χ0v) is 14.6. The van der Waals surface area contributed by atoms with Crippen LogP contribution in [0.1, 0.15) is 24.2 Å². The standard InChI is InChI=1S/C17H20N2O4S/c1-12(2)23-14-10-8-13(9-11-14)18-17(20)15-6-4-5-7-16(15)19-24(3,21)22/h4-12,19H,1-3H3,(H,18,20). The first kappa shape index (κ1) is 17.8. The lowest BCUT2D eigenvalue weighted by Gasteiger charge is -2.12. The Hall–Kier alpha value is -2.54. The van der Waals surface area contributed by atoms with Gasteiger partial charge >= 0.3 is 0 Å². The molecule has 0 aliphatic rings. The van der Waals surface area contributed by atoms with Crippen molar-refractivity contribution in [3.8, 4) is 5.75 Å². The molecule has 0 radical (unpaired) electrons. The van der Waals surface area contributed by atoms with Crippen molar-refractivity contribution in [2.45, 2.75) is 20.0 Å². The molecule has 0 spiro atoms. The van der Waals surface area contributed by atoms with Crippen LogP contribution in [0.25, 0.3) is 0 Å². The smallest absolute Gasteiger partial charge is 0.257 e. The number of carbonyl (C=O) groups is 1. The van der Waals surface area contributed by atoms with E-state index in [4.69, 9.17) is 4.74 Å². The van der Waals surface area contributed by atoms with E-state index in [0.717, 1.165) is 6.26 Å². The minimum atomic E-state index is -3.47. The maximum atomic E-state index is 12.4. The number of amides is 1. The summed E-state index contributed by atoms with van der Waals surface area (Å²) >= 11 is 0. The lowest BCUT2D eigenvalue weighted by molar-refractivity contribution is 0.102. The Labute approximate surface area is 141 Å². The zero-order valence-electron chi connectivity index (χ0n) is 13.7. The first-order valence-electron chi connectivity index (χ1n) is 7.39. The fraction of sp³-hybridized carbons (Fsp3) is 0.235. The molecular formula is C17H20N2O4S. The Bertz CT molecular complexity index is 815. The Kier molecular flexibility index (Phi) is 5.46.